The summed E-state index contributed by atoms with van der Waals surface area (Å²) in [5, 5.41) is 7.90. The van der Waals surface area contributed by atoms with Crippen LogP contribution in [-0.2, 0) is 20.1 Å². The van der Waals surface area contributed by atoms with Crippen LogP contribution in [0.2, 0.25) is 0 Å². The molecule has 1 heterocycles. The Balaban J connectivity index is 1.98. The van der Waals surface area contributed by atoms with Gasteiger partial charge in [-0.15, -0.1) is 0 Å². The van der Waals surface area contributed by atoms with Crippen molar-refractivity contribution >= 4 is 31.9 Å². The zero-order valence-corrected chi connectivity index (χ0v) is 14.5. The molecule has 2 rings (SSSR count). The largest absolute Gasteiger partial charge is 0.308 e. The molecule has 2 aromatic rings. The molecule has 0 saturated carbocycles. The second-order valence-electron chi connectivity index (χ2n) is 4.62. The van der Waals surface area contributed by atoms with E-state index in [1.165, 1.54) is 16.8 Å². The summed E-state index contributed by atoms with van der Waals surface area (Å²) in [6, 6.07) is 6.30. The van der Waals surface area contributed by atoms with Gasteiger partial charge in [-0.1, -0.05) is 6.07 Å². The molecular weight excluding hydrogens is 370 g/mol. The minimum Gasteiger partial charge on any atom is -0.308 e. The first-order valence-corrected chi connectivity index (χ1v) is 7.71. The highest BCUT2D eigenvalue weighted by Crippen LogP contribution is 2.23. The van der Waals surface area contributed by atoms with Crippen LogP contribution >= 0.6 is 31.9 Å². The Hall–Kier alpha value is -0.650. The molecule has 1 aromatic heterocycles. The molecular formula is C14H17Br2N3. The van der Waals surface area contributed by atoms with Gasteiger partial charge < -0.3 is 5.32 Å². The first-order chi connectivity index (χ1) is 8.99. The number of aryl methyl sites for hydroxylation is 2. The smallest absolute Gasteiger partial charge is 0.0641 e. The monoisotopic (exact) mass is 385 g/mol. The summed E-state index contributed by atoms with van der Waals surface area (Å²) >= 11 is 7.00. The minimum atomic E-state index is 0.846. The van der Waals surface area contributed by atoms with Gasteiger partial charge in [0.25, 0.3) is 0 Å². The fourth-order valence-electron chi connectivity index (χ4n) is 2.05. The molecule has 0 atom stereocenters. The fourth-order valence-corrected chi connectivity index (χ4v) is 2.73. The molecule has 0 spiro atoms. The van der Waals surface area contributed by atoms with Gasteiger partial charge in [-0.2, -0.15) is 5.10 Å². The standard InChI is InChI=1S/C14H17Br2N3/c1-9-12(10(2)19(3)18-9)8-17-7-11-4-5-13(15)14(16)6-11/h4-6,17H,7-8H2,1-3H3. The van der Waals surface area contributed by atoms with Crippen molar-refractivity contribution in [3.8, 4) is 0 Å². The van der Waals surface area contributed by atoms with E-state index < -0.39 is 0 Å². The average molecular weight is 387 g/mol. The second kappa shape index (κ2) is 6.20. The van der Waals surface area contributed by atoms with E-state index in [2.05, 4.69) is 74.3 Å². The summed E-state index contributed by atoms with van der Waals surface area (Å²) in [5.41, 5.74) is 4.87. The van der Waals surface area contributed by atoms with Gasteiger partial charge in [-0.25, -0.2) is 0 Å². The fraction of sp³-hybridized carbons (Fsp3) is 0.357. The Morgan fingerprint density at radius 3 is 2.47 bits per heavy atom. The van der Waals surface area contributed by atoms with E-state index in [9.17, 15) is 0 Å². The minimum absolute atomic E-state index is 0.846. The third kappa shape index (κ3) is 3.46. The maximum absolute atomic E-state index is 4.42. The quantitative estimate of drug-likeness (QED) is 0.864. The summed E-state index contributed by atoms with van der Waals surface area (Å²) in [7, 11) is 1.98. The lowest BCUT2D eigenvalue weighted by atomic mass is 10.2. The number of hydrogen-bond donors (Lipinski definition) is 1. The Morgan fingerprint density at radius 1 is 1.16 bits per heavy atom. The molecule has 1 aromatic carbocycles. The van der Waals surface area contributed by atoms with Crippen molar-refractivity contribution in [2.75, 3.05) is 0 Å². The van der Waals surface area contributed by atoms with Crippen LogP contribution in [0.15, 0.2) is 27.1 Å². The van der Waals surface area contributed by atoms with Crippen LogP contribution in [0.3, 0.4) is 0 Å². The molecule has 0 aliphatic rings. The third-order valence-corrected chi connectivity index (χ3v) is 5.15. The lowest BCUT2D eigenvalue weighted by Gasteiger charge is -2.07. The topological polar surface area (TPSA) is 29.9 Å². The van der Waals surface area contributed by atoms with Gasteiger partial charge >= 0.3 is 0 Å². The zero-order chi connectivity index (χ0) is 14.0. The average Bonchev–Trinajstić information content (AvgIpc) is 2.60. The van der Waals surface area contributed by atoms with Gasteiger partial charge in [0, 0.05) is 40.3 Å². The Labute approximate surface area is 130 Å². The highest BCUT2D eigenvalue weighted by molar-refractivity contribution is 9.13. The Morgan fingerprint density at radius 2 is 1.89 bits per heavy atom. The number of rotatable bonds is 4. The molecule has 0 aliphatic carbocycles. The Bertz CT molecular complexity index is 591. The molecule has 5 heteroatoms. The normalized spacial score (nSPS) is 11.0. The first kappa shape index (κ1) is 14.8. The summed E-state index contributed by atoms with van der Waals surface area (Å²) in [6.45, 7) is 5.85. The van der Waals surface area contributed by atoms with Crippen LogP contribution in [0.1, 0.15) is 22.5 Å². The number of halogens is 2. The molecule has 19 heavy (non-hydrogen) atoms. The van der Waals surface area contributed by atoms with E-state index in [0.717, 1.165) is 27.7 Å². The summed E-state index contributed by atoms with van der Waals surface area (Å²) in [4.78, 5) is 0. The van der Waals surface area contributed by atoms with Crippen LogP contribution in [0, 0.1) is 13.8 Å². The van der Waals surface area contributed by atoms with Crippen molar-refractivity contribution in [3.63, 3.8) is 0 Å². The van der Waals surface area contributed by atoms with Crippen LogP contribution in [0.4, 0.5) is 0 Å². The van der Waals surface area contributed by atoms with Gasteiger partial charge in [-0.05, 0) is 63.4 Å². The maximum Gasteiger partial charge on any atom is 0.0641 e. The SMILES string of the molecule is Cc1nn(C)c(C)c1CNCc1ccc(Br)c(Br)c1. The number of aromatic nitrogens is 2. The van der Waals surface area contributed by atoms with E-state index >= 15 is 0 Å². The number of benzene rings is 1. The van der Waals surface area contributed by atoms with Gasteiger partial charge in [0.05, 0.1) is 5.69 Å². The molecule has 0 bridgehead atoms. The molecule has 0 radical (unpaired) electrons. The highest BCUT2D eigenvalue weighted by Gasteiger charge is 2.08. The molecule has 0 saturated heterocycles. The molecule has 0 aliphatic heterocycles. The van der Waals surface area contributed by atoms with Crippen molar-refractivity contribution in [2.45, 2.75) is 26.9 Å². The number of nitrogens with zero attached hydrogens (tertiary/aromatic N) is 2. The molecule has 1 N–H and O–H groups in total. The van der Waals surface area contributed by atoms with E-state index in [0.29, 0.717) is 0 Å². The number of hydrogen-bond acceptors (Lipinski definition) is 2. The summed E-state index contributed by atoms with van der Waals surface area (Å²) in [6.07, 6.45) is 0. The third-order valence-electron chi connectivity index (χ3n) is 3.27. The number of nitrogens with one attached hydrogen (secondary N) is 1. The predicted molar refractivity (Wildman–Crippen MR) is 85.1 cm³/mol. The maximum atomic E-state index is 4.42. The zero-order valence-electron chi connectivity index (χ0n) is 11.3. The molecule has 102 valence electrons. The van der Waals surface area contributed by atoms with Gasteiger partial charge in [0.1, 0.15) is 0 Å². The first-order valence-electron chi connectivity index (χ1n) is 6.12. The van der Waals surface area contributed by atoms with Crippen molar-refractivity contribution in [3.05, 3.63) is 49.7 Å². The lowest BCUT2D eigenvalue weighted by molar-refractivity contribution is 0.683. The van der Waals surface area contributed by atoms with Crippen LogP contribution in [0.5, 0.6) is 0 Å². The summed E-state index contributed by atoms with van der Waals surface area (Å²) < 4.78 is 4.10. The lowest BCUT2D eigenvalue weighted by Crippen LogP contribution is -2.14. The molecule has 0 unspecified atom stereocenters. The van der Waals surface area contributed by atoms with Crippen LogP contribution in [-0.4, -0.2) is 9.78 Å². The van der Waals surface area contributed by atoms with Crippen molar-refractivity contribution in [1.29, 1.82) is 0 Å². The predicted octanol–water partition coefficient (Wildman–Crippen LogP) is 3.85. The van der Waals surface area contributed by atoms with E-state index in [-0.39, 0.29) is 0 Å². The van der Waals surface area contributed by atoms with Crippen molar-refractivity contribution in [2.24, 2.45) is 7.05 Å². The van der Waals surface area contributed by atoms with E-state index in [1.807, 2.05) is 11.7 Å². The molecule has 3 nitrogen and oxygen atoms in total. The van der Waals surface area contributed by atoms with E-state index in [4.69, 9.17) is 0 Å². The second-order valence-corrected chi connectivity index (χ2v) is 6.33. The highest BCUT2D eigenvalue weighted by atomic mass is 79.9. The van der Waals surface area contributed by atoms with Gasteiger partial charge in [0.2, 0.25) is 0 Å². The van der Waals surface area contributed by atoms with Gasteiger partial charge in [0.15, 0.2) is 0 Å². The van der Waals surface area contributed by atoms with Crippen molar-refractivity contribution in [1.82, 2.24) is 15.1 Å². The van der Waals surface area contributed by atoms with Crippen molar-refractivity contribution < 1.29 is 0 Å². The van der Waals surface area contributed by atoms with E-state index in [1.54, 1.807) is 0 Å². The summed E-state index contributed by atoms with van der Waals surface area (Å²) in [5.74, 6) is 0. The molecule has 0 fully saturated rings. The van der Waals surface area contributed by atoms with Gasteiger partial charge in [-0.3, -0.25) is 4.68 Å². The molecule has 0 amide bonds. The van der Waals surface area contributed by atoms with Crippen LogP contribution < -0.4 is 5.32 Å². The van der Waals surface area contributed by atoms with Crippen LogP contribution in [0.25, 0.3) is 0 Å². The Kier molecular flexibility index (Phi) is 4.81.